The van der Waals surface area contributed by atoms with E-state index in [0.29, 0.717) is 4.90 Å². The van der Waals surface area contributed by atoms with E-state index in [1.165, 1.54) is 12.2 Å². The first-order valence-electron chi connectivity index (χ1n) is 3.93. The predicted octanol–water partition coefficient (Wildman–Crippen LogP) is 2.05. The molecule has 3 radical (unpaired) electrons. The summed E-state index contributed by atoms with van der Waals surface area (Å²) in [6, 6.07) is 8.35. The monoisotopic (exact) mass is 195 g/mol. The highest BCUT2D eigenvalue weighted by atomic mass is 32.2. The fourth-order valence-electron chi connectivity index (χ4n) is 0.871. The van der Waals surface area contributed by atoms with Crippen LogP contribution in [0.3, 0.4) is 0 Å². The summed E-state index contributed by atoms with van der Waals surface area (Å²) in [6.07, 6.45) is 3.20. The van der Waals surface area contributed by atoms with Crippen molar-refractivity contribution in [2.45, 2.75) is 11.8 Å². The van der Waals surface area contributed by atoms with Gasteiger partial charge in [-0.2, -0.15) is 0 Å². The van der Waals surface area contributed by atoms with Crippen molar-refractivity contribution in [3.63, 3.8) is 0 Å². The molecule has 13 heavy (non-hydrogen) atoms. The maximum absolute atomic E-state index is 11.5. The summed E-state index contributed by atoms with van der Waals surface area (Å²) in [5, 5.41) is 0. The third kappa shape index (κ3) is 2.84. The van der Waals surface area contributed by atoms with Crippen LogP contribution in [0.25, 0.3) is 0 Å². The summed E-state index contributed by atoms with van der Waals surface area (Å²) < 4.78 is 23.0. The van der Waals surface area contributed by atoms with Gasteiger partial charge in [0.25, 0.3) is 0 Å². The summed E-state index contributed by atoms with van der Waals surface area (Å²) in [7, 11) is -3.23. The van der Waals surface area contributed by atoms with Gasteiger partial charge in [-0.3, -0.25) is 0 Å². The third-order valence-corrected chi connectivity index (χ3v) is 2.97. The quantitative estimate of drug-likeness (QED) is 0.736. The number of hydrogen-bond acceptors (Lipinski definition) is 2. The fraction of sp³-hybridized carbons (Fsp3) is 0.100. The summed E-state index contributed by atoms with van der Waals surface area (Å²) in [4.78, 5) is 0.327. The van der Waals surface area contributed by atoms with Crippen molar-refractivity contribution in [3.05, 3.63) is 48.9 Å². The molecule has 0 bridgehead atoms. The summed E-state index contributed by atoms with van der Waals surface area (Å²) in [6.45, 7) is 1.77. The maximum atomic E-state index is 11.5. The second kappa shape index (κ2) is 4.42. The highest BCUT2D eigenvalue weighted by Gasteiger charge is 2.12. The van der Waals surface area contributed by atoms with E-state index in [1.54, 1.807) is 43.7 Å². The van der Waals surface area contributed by atoms with Crippen molar-refractivity contribution in [2.75, 3.05) is 0 Å². The van der Waals surface area contributed by atoms with Crippen LogP contribution in [0.15, 0.2) is 35.2 Å². The van der Waals surface area contributed by atoms with Gasteiger partial charge in [0, 0.05) is 0 Å². The first-order chi connectivity index (χ1) is 6.17. The number of sulfone groups is 1. The molecular weight excluding hydrogens is 184 g/mol. The van der Waals surface area contributed by atoms with E-state index < -0.39 is 9.84 Å². The van der Waals surface area contributed by atoms with Crippen LogP contribution in [0.4, 0.5) is 0 Å². The molecule has 0 aliphatic heterocycles. The van der Waals surface area contributed by atoms with Crippen LogP contribution in [0, 0.1) is 18.6 Å². The Balaban J connectivity index is 2.83. The van der Waals surface area contributed by atoms with E-state index >= 15 is 0 Å². The Labute approximate surface area is 79.5 Å². The van der Waals surface area contributed by atoms with Crippen LogP contribution in [0.5, 0.6) is 0 Å². The van der Waals surface area contributed by atoms with Gasteiger partial charge in [-0.05, 0) is 25.0 Å². The molecule has 0 unspecified atom stereocenters. The van der Waals surface area contributed by atoms with E-state index in [4.69, 9.17) is 0 Å². The Morgan fingerprint density at radius 1 is 1.15 bits per heavy atom. The number of rotatable bonds is 4. The molecule has 0 heterocycles. The minimum absolute atomic E-state index is 0.327. The van der Waals surface area contributed by atoms with Crippen LogP contribution >= 0.6 is 0 Å². The molecule has 0 atom stereocenters. The average molecular weight is 195 g/mol. The van der Waals surface area contributed by atoms with Crippen molar-refractivity contribution in [1.29, 1.82) is 0 Å². The molecule has 3 heteroatoms. The Bertz CT molecular complexity index is 340. The molecule has 1 aromatic rings. The Morgan fingerprint density at radius 3 is 2.31 bits per heavy atom. The Hall–Kier alpha value is -0.830. The molecule has 0 N–H and O–H groups in total. The van der Waals surface area contributed by atoms with Crippen molar-refractivity contribution < 1.29 is 8.42 Å². The molecule has 0 amide bonds. The molecule has 0 saturated carbocycles. The maximum Gasteiger partial charge on any atom is 0.182 e. The highest BCUT2D eigenvalue weighted by Crippen LogP contribution is 2.14. The first kappa shape index (κ1) is 10.3. The second-order valence-corrected chi connectivity index (χ2v) is 4.35. The van der Waals surface area contributed by atoms with Crippen LogP contribution in [-0.2, 0) is 9.84 Å². The molecule has 0 aliphatic rings. The van der Waals surface area contributed by atoms with E-state index in [1.807, 2.05) is 0 Å². The van der Waals surface area contributed by atoms with E-state index in [2.05, 4.69) is 0 Å². The zero-order chi connectivity index (χ0) is 9.73. The predicted molar refractivity (Wildman–Crippen MR) is 52.2 cm³/mol. The minimum atomic E-state index is -3.23. The molecule has 0 saturated heterocycles. The van der Waals surface area contributed by atoms with Gasteiger partial charge >= 0.3 is 0 Å². The normalized spacial score (nSPS) is 11.5. The lowest BCUT2D eigenvalue weighted by Gasteiger charge is -2.01. The smallest absolute Gasteiger partial charge is 0.182 e. The van der Waals surface area contributed by atoms with Crippen molar-refractivity contribution in [3.8, 4) is 0 Å². The molecule has 0 fully saturated rings. The van der Waals surface area contributed by atoms with Crippen LogP contribution in [-0.4, -0.2) is 8.42 Å². The van der Waals surface area contributed by atoms with Gasteiger partial charge in [0.05, 0.1) is 10.6 Å². The largest absolute Gasteiger partial charge is 0.223 e. The number of benzene rings is 1. The Morgan fingerprint density at radius 2 is 1.77 bits per heavy atom. The third-order valence-electron chi connectivity index (χ3n) is 1.52. The first-order valence-corrected chi connectivity index (χ1v) is 5.47. The molecule has 2 nitrogen and oxygen atoms in total. The van der Waals surface area contributed by atoms with Crippen molar-refractivity contribution >= 4 is 9.84 Å². The van der Waals surface area contributed by atoms with E-state index in [0.717, 1.165) is 0 Å². The lowest BCUT2D eigenvalue weighted by Crippen LogP contribution is -2.01. The zero-order valence-corrected chi connectivity index (χ0v) is 8.16. The van der Waals surface area contributed by atoms with Gasteiger partial charge in [-0.15, -0.1) is 0 Å². The van der Waals surface area contributed by atoms with Gasteiger partial charge in [-0.1, -0.05) is 25.1 Å². The summed E-state index contributed by atoms with van der Waals surface area (Å²) in [5.74, 6) is 1.20. The van der Waals surface area contributed by atoms with Gasteiger partial charge in [-0.25, -0.2) is 8.42 Å². The molecule has 0 aromatic heterocycles. The standard InChI is InChI=1S/C10H11O2S/c1-2-3-9-13(11,12)10-7-5-4-6-8-10/h2-9H,1H3. The highest BCUT2D eigenvalue weighted by molar-refractivity contribution is 7.93. The summed E-state index contributed by atoms with van der Waals surface area (Å²) in [5.41, 5.74) is 0. The lowest BCUT2D eigenvalue weighted by molar-refractivity contribution is 0.602. The Kier molecular flexibility index (Phi) is 3.48. The molecule has 1 rings (SSSR count). The number of hydrogen-bond donors (Lipinski definition) is 0. The molecular formula is C10H11O2S. The van der Waals surface area contributed by atoms with E-state index in [-0.39, 0.29) is 0 Å². The van der Waals surface area contributed by atoms with Crippen LogP contribution in [0.1, 0.15) is 6.92 Å². The fourth-order valence-corrected chi connectivity index (χ4v) is 1.93. The van der Waals surface area contributed by atoms with Crippen molar-refractivity contribution in [2.24, 2.45) is 0 Å². The van der Waals surface area contributed by atoms with Crippen molar-refractivity contribution in [1.82, 2.24) is 0 Å². The van der Waals surface area contributed by atoms with Gasteiger partial charge in [0.1, 0.15) is 0 Å². The zero-order valence-electron chi connectivity index (χ0n) is 7.34. The minimum Gasteiger partial charge on any atom is -0.223 e. The topological polar surface area (TPSA) is 34.1 Å². The van der Waals surface area contributed by atoms with Crippen LogP contribution < -0.4 is 0 Å². The molecule has 0 aliphatic carbocycles. The van der Waals surface area contributed by atoms with E-state index in [9.17, 15) is 8.42 Å². The summed E-state index contributed by atoms with van der Waals surface area (Å²) >= 11 is 0. The molecule has 0 spiro atoms. The van der Waals surface area contributed by atoms with Gasteiger partial charge in [0.15, 0.2) is 9.84 Å². The lowest BCUT2D eigenvalue weighted by atomic mass is 10.4. The number of unbranched alkanes of at least 4 members (excludes halogenated alkanes) is 1. The van der Waals surface area contributed by atoms with Gasteiger partial charge in [0.2, 0.25) is 0 Å². The SMILES string of the molecule is C[CH][CH][CH]S(=O)(=O)c1ccccc1. The van der Waals surface area contributed by atoms with Crippen LogP contribution in [0.2, 0.25) is 0 Å². The average Bonchev–Trinajstić information content (AvgIpc) is 2.16. The molecule has 69 valence electrons. The molecule has 1 aromatic carbocycles. The van der Waals surface area contributed by atoms with Gasteiger partial charge < -0.3 is 0 Å². The second-order valence-electron chi connectivity index (χ2n) is 2.52.